The minimum atomic E-state index is 0.144. The van der Waals surface area contributed by atoms with E-state index in [1.165, 1.54) is 16.8 Å². The van der Waals surface area contributed by atoms with Gasteiger partial charge in [-0.2, -0.15) is 0 Å². The Hall–Kier alpha value is -1.86. The van der Waals surface area contributed by atoms with Gasteiger partial charge in [-0.3, -0.25) is 4.79 Å². The maximum Gasteiger partial charge on any atom is 0.324 e. The Morgan fingerprint density at radius 3 is 3.30 bits per heavy atom. The molecule has 0 radical (unpaired) electrons. The van der Waals surface area contributed by atoms with E-state index in [9.17, 15) is 4.79 Å². The molecule has 0 bridgehead atoms. The molecule has 0 fully saturated rings. The standard InChI is InChI=1S/C13H12BNO4S/c1-14-12-3-2-11(4-9(12)5-18-14)19-13-15-10(7-20-13)6-17-8-16/h2-4,7-8H,5-6H2,1H3. The van der Waals surface area contributed by atoms with E-state index in [2.05, 4.69) is 9.72 Å². The zero-order valence-corrected chi connectivity index (χ0v) is 11.7. The average molecular weight is 289 g/mol. The summed E-state index contributed by atoms with van der Waals surface area (Å²) < 4.78 is 15.9. The van der Waals surface area contributed by atoms with Crippen LogP contribution in [0.2, 0.25) is 6.82 Å². The quantitative estimate of drug-likeness (QED) is 0.622. The Bertz CT molecular complexity index is 631. The number of carbonyl (C=O) groups is 1. The molecule has 0 spiro atoms. The summed E-state index contributed by atoms with van der Waals surface area (Å²) >= 11 is 1.37. The highest BCUT2D eigenvalue weighted by atomic mass is 32.1. The Morgan fingerprint density at radius 2 is 2.45 bits per heavy atom. The molecular formula is C13H12BNO4S. The van der Waals surface area contributed by atoms with E-state index in [0.29, 0.717) is 24.0 Å². The number of aromatic nitrogens is 1. The van der Waals surface area contributed by atoms with Crippen molar-refractivity contribution in [1.29, 1.82) is 0 Å². The second-order valence-corrected chi connectivity index (χ2v) is 5.25. The van der Waals surface area contributed by atoms with Crippen molar-refractivity contribution in [3.05, 3.63) is 34.8 Å². The number of hydrogen-bond donors (Lipinski definition) is 0. The molecule has 3 rings (SSSR count). The van der Waals surface area contributed by atoms with Crippen LogP contribution < -0.4 is 10.2 Å². The summed E-state index contributed by atoms with van der Waals surface area (Å²) in [4.78, 5) is 14.4. The smallest absolute Gasteiger partial charge is 0.324 e. The maximum absolute atomic E-state index is 10.1. The SMILES string of the molecule is CB1OCc2cc(Oc3nc(COC=O)cs3)ccc21. The minimum absolute atomic E-state index is 0.144. The van der Waals surface area contributed by atoms with Gasteiger partial charge in [0, 0.05) is 5.38 Å². The predicted octanol–water partition coefficient (Wildman–Crippen LogP) is 1.97. The van der Waals surface area contributed by atoms with Gasteiger partial charge in [0.25, 0.3) is 11.7 Å². The average Bonchev–Trinajstić information content (AvgIpc) is 3.04. The van der Waals surface area contributed by atoms with Gasteiger partial charge < -0.3 is 14.1 Å². The van der Waals surface area contributed by atoms with Gasteiger partial charge in [0.2, 0.25) is 0 Å². The first-order valence-electron chi connectivity index (χ1n) is 6.18. The zero-order valence-electron chi connectivity index (χ0n) is 10.9. The van der Waals surface area contributed by atoms with Crippen molar-refractivity contribution < 1.29 is 18.9 Å². The Labute approximate surface area is 120 Å². The van der Waals surface area contributed by atoms with E-state index in [0.717, 1.165) is 11.3 Å². The lowest BCUT2D eigenvalue weighted by atomic mass is 9.64. The first kappa shape index (κ1) is 13.1. The van der Waals surface area contributed by atoms with Crippen molar-refractivity contribution in [3.63, 3.8) is 0 Å². The summed E-state index contributed by atoms with van der Waals surface area (Å²) in [6.45, 7) is 3.36. The molecule has 2 aromatic rings. The zero-order chi connectivity index (χ0) is 13.9. The molecule has 20 heavy (non-hydrogen) atoms. The molecule has 0 saturated carbocycles. The van der Waals surface area contributed by atoms with E-state index in [1.54, 1.807) is 5.38 Å². The second kappa shape index (κ2) is 5.64. The van der Waals surface area contributed by atoms with Crippen LogP contribution in [0.4, 0.5) is 0 Å². The van der Waals surface area contributed by atoms with Crippen molar-refractivity contribution >= 4 is 30.2 Å². The number of rotatable bonds is 5. The van der Waals surface area contributed by atoms with Crippen LogP contribution in [0.1, 0.15) is 11.3 Å². The molecule has 2 heterocycles. The van der Waals surface area contributed by atoms with E-state index >= 15 is 0 Å². The van der Waals surface area contributed by atoms with Crippen molar-refractivity contribution in [2.45, 2.75) is 20.0 Å². The number of carbonyl (C=O) groups excluding carboxylic acids is 1. The number of hydrogen-bond acceptors (Lipinski definition) is 6. The monoisotopic (exact) mass is 289 g/mol. The highest BCUT2D eigenvalue weighted by molar-refractivity contribution is 7.11. The lowest BCUT2D eigenvalue weighted by Gasteiger charge is -2.04. The van der Waals surface area contributed by atoms with Gasteiger partial charge in [-0.25, -0.2) is 4.98 Å². The minimum Gasteiger partial charge on any atom is -0.461 e. The Balaban J connectivity index is 1.71. The fourth-order valence-electron chi connectivity index (χ4n) is 2.09. The normalized spacial score (nSPS) is 13.2. The van der Waals surface area contributed by atoms with Crippen molar-refractivity contribution in [2.75, 3.05) is 0 Å². The van der Waals surface area contributed by atoms with Crippen LogP contribution in [-0.2, 0) is 27.4 Å². The fraction of sp³-hybridized carbons (Fsp3) is 0.231. The Morgan fingerprint density at radius 1 is 1.55 bits per heavy atom. The fourth-order valence-corrected chi connectivity index (χ4v) is 2.77. The molecule has 5 nitrogen and oxygen atoms in total. The number of thiazole rings is 1. The van der Waals surface area contributed by atoms with Crippen LogP contribution in [0.25, 0.3) is 0 Å². The summed E-state index contributed by atoms with van der Waals surface area (Å²) in [5, 5.41) is 2.33. The molecule has 0 unspecified atom stereocenters. The predicted molar refractivity (Wildman–Crippen MR) is 75.5 cm³/mol. The number of ether oxygens (including phenoxy) is 2. The van der Waals surface area contributed by atoms with Crippen molar-refractivity contribution in [1.82, 2.24) is 4.98 Å². The summed E-state index contributed by atoms with van der Waals surface area (Å²) in [6, 6.07) is 5.90. The van der Waals surface area contributed by atoms with Crippen molar-refractivity contribution in [3.8, 4) is 10.9 Å². The topological polar surface area (TPSA) is 57.6 Å². The third kappa shape index (κ3) is 2.68. The largest absolute Gasteiger partial charge is 0.461 e. The van der Waals surface area contributed by atoms with Crippen molar-refractivity contribution in [2.24, 2.45) is 0 Å². The van der Waals surface area contributed by atoms with Gasteiger partial charge in [0.05, 0.1) is 12.3 Å². The summed E-state index contributed by atoms with van der Waals surface area (Å²) in [6.07, 6.45) is 0. The molecule has 1 aliphatic heterocycles. The highest BCUT2D eigenvalue weighted by Crippen LogP contribution is 2.27. The lowest BCUT2D eigenvalue weighted by molar-refractivity contribution is -0.129. The summed E-state index contributed by atoms with van der Waals surface area (Å²) in [5.74, 6) is 0.735. The number of benzene rings is 1. The van der Waals surface area contributed by atoms with Gasteiger partial charge in [0.1, 0.15) is 12.4 Å². The molecule has 1 aromatic heterocycles. The molecule has 0 amide bonds. The van der Waals surface area contributed by atoms with Gasteiger partial charge in [-0.05, 0) is 23.2 Å². The van der Waals surface area contributed by atoms with Crippen LogP contribution in [0.5, 0.6) is 10.9 Å². The van der Waals surface area contributed by atoms with Crippen LogP contribution >= 0.6 is 11.3 Å². The Kier molecular flexibility index (Phi) is 3.71. The lowest BCUT2D eigenvalue weighted by Crippen LogP contribution is -2.23. The van der Waals surface area contributed by atoms with E-state index < -0.39 is 0 Å². The number of fused-ring (bicyclic) bond motifs is 1. The van der Waals surface area contributed by atoms with Gasteiger partial charge in [-0.15, -0.1) is 0 Å². The third-order valence-electron chi connectivity index (χ3n) is 3.08. The molecule has 7 heteroatoms. The number of nitrogens with zero attached hydrogens (tertiary/aromatic N) is 1. The first-order valence-corrected chi connectivity index (χ1v) is 7.06. The van der Waals surface area contributed by atoms with Gasteiger partial charge in [0.15, 0.2) is 0 Å². The van der Waals surface area contributed by atoms with Crippen LogP contribution in [0.15, 0.2) is 23.6 Å². The summed E-state index contributed by atoms with van der Waals surface area (Å²) in [5.41, 5.74) is 3.03. The van der Waals surface area contributed by atoms with Crippen LogP contribution in [0, 0.1) is 0 Å². The van der Waals surface area contributed by atoms with E-state index in [4.69, 9.17) is 9.39 Å². The molecule has 0 atom stereocenters. The molecule has 1 aliphatic rings. The first-order chi connectivity index (χ1) is 9.76. The van der Waals surface area contributed by atoms with Gasteiger partial charge in [-0.1, -0.05) is 24.2 Å². The summed E-state index contributed by atoms with van der Waals surface area (Å²) in [7, 11) is 0. The molecule has 102 valence electrons. The third-order valence-corrected chi connectivity index (χ3v) is 3.84. The van der Waals surface area contributed by atoms with Crippen LogP contribution in [0.3, 0.4) is 0 Å². The molecule has 0 aliphatic carbocycles. The maximum atomic E-state index is 10.1. The highest BCUT2D eigenvalue weighted by Gasteiger charge is 2.23. The second-order valence-electron chi connectivity index (χ2n) is 4.43. The molecule has 1 aromatic carbocycles. The molecule has 0 N–H and O–H groups in total. The van der Waals surface area contributed by atoms with Crippen LogP contribution in [-0.4, -0.2) is 18.4 Å². The molecule has 0 saturated heterocycles. The van der Waals surface area contributed by atoms with E-state index in [-0.39, 0.29) is 13.5 Å². The van der Waals surface area contributed by atoms with Gasteiger partial charge >= 0.3 is 6.92 Å². The molecular weight excluding hydrogens is 277 g/mol. The van der Waals surface area contributed by atoms with E-state index in [1.807, 2.05) is 25.0 Å².